The predicted molar refractivity (Wildman–Crippen MR) is 72.0 cm³/mol. The maximum atomic E-state index is 12.2. The smallest absolute Gasteiger partial charge is 0.275 e. The van der Waals surface area contributed by atoms with Crippen LogP contribution in [0.5, 0.6) is 0 Å². The Morgan fingerprint density at radius 3 is 2.89 bits per heavy atom. The van der Waals surface area contributed by atoms with E-state index in [0.717, 1.165) is 16.6 Å². The lowest BCUT2D eigenvalue weighted by Crippen LogP contribution is -2.16. The lowest BCUT2D eigenvalue weighted by atomic mass is 10.2. The number of aryl methyl sites for hydroxylation is 2. The van der Waals surface area contributed by atoms with Gasteiger partial charge in [0.1, 0.15) is 5.69 Å². The molecule has 2 N–H and O–H groups in total. The van der Waals surface area contributed by atoms with Gasteiger partial charge in [0.25, 0.3) is 5.91 Å². The molecule has 0 radical (unpaired) electrons. The van der Waals surface area contributed by atoms with Crippen molar-refractivity contribution < 1.29 is 4.79 Å². The second-order valence-electron chi connectivity index (χ2n) is 4.37. The van der Waals surface area contributed by atoms with Crippen LogP contribution in [0.4, 0.5) is 5.82 Å². The van der Waals surface area contributed by atoms with E-state index in [1.165, 1.54) is 0 Å². The maximum Gasteiger partial charge on any atom is 0.275 e. The van der Waals surface area contributed by atoms with Crippen LogP contribution in [-0.2, 0) is 7.05 Å². The fourth-order valence-corrected chi connectivity index (χ4v) is 2.05. The molecule has 0 saturated carbocycles. The van der Waals surface area contributed by atoms with Gasteiger partial charge in [-0.25, -0.2) is 0 Å². The third kappa shape index (κ3) is 1.97. The molecule has 3 rings (SSSR count). The molecule has 1 aromatic carbocycles. The maximum absolute atomic E-state index is 12.2. The topological polar surface area (TPSA) is 75.6 Å². The van der Waals surface area contributed by atoms with Crippen LogP contribution < -0.4 is 5.32 Å². The Kier molecular flexibility index (Phi) is 2.56. The Labute approximate surface area is 109 Å². The summed E-state index contributed by atoms with van der Waals surface area (Å²) in [5.41, 5.74) is 2.20. The van der Waals surface area contributed by atoms with Gasteiger partial charge in [-0.1, -0.05) is 12.1 Å². The molecule has 6 heteroatoms. The Morgan fingerprint density at radius 1 is 1.37 bits per heavy atom. The van der Waals surface area contributed by atoms with Crippen LogP contribution in [0.1, 0.15) is 16.2 Å². The number of carbonyl (C=O) groups is 1. The molecule has 3 aromatic rings. The molecule has 2 aromatic heterocycles. The van der Waals surface area contributed by atoms with E-state index >= 15 is 0 Å². The first-order valence-corrected chi connectivity index (χ1v) is 5.90. The van der Waals surface area contributed by atoms with Gasteiger partial charge < -0.3 is 5.32 Å². The molecule has 0 atom stereocenters. The van der Waals surface area contributed by atoms with Crippen molar-refractivity contribution in [1.29, 1.82) is 0 Å². The highest BCUT2D eigenvalue weighted by atomic mass is 16.2. The number of para-hydroxylation sites is 1. The summed E-state index contributed by atoms with van der Waals surface area (Å²) in [4.78, 5) is 12.2. The van der Waals surface area contributed by atoms with Crippen molar-refractivity contribution in [3.8, 4) is 0 Å². The van der Waals surface area contributed by atoms with E-state index in [-0.39, 0.29) is 5.91 Å². The highest BCUT2D eigenvalue weighted by Gasteiger charge is 2.14. The van der Waals surface area contributed by atoms with Crippen molar-refractivity contribution in [2.75, 3.05) is 5.32 Å². The second-order valence-corrected chi connectivity index (χ2v) is 4.37. The summed E-state index contributed by atoms with van der Waals surface area (Å²) in [6.45, 7) is 1.85. The summed E-state index contributed by atoms with van der Waals surface area (Å²) in [6.07, 6.45) is 0. The van der Waals surface area contributed by atoms with Crippen molar-refractivity contribution in [2.45, 2.75) is 6.92 Å². The largest absolute Gasteiger partial charge is 0.303 e. The summed E-state index contributed by atoms with van der Waals surface area (Å²) in [5.74, 6) is 0.305. The predicted octanol–water partition coefficient (Wildman–Crippen LogP) is 1.86. The Bertz CT molecular complexity index is 755. The van der Waals surface area contributed by atoms with Crippen molar-refractivity contribution in [3.63, 3.8) is 0 Å². The summed E-state index contributed by atoms with van der Waals surface area (Å²) in [5, 5.41) is 14.8. The molecular weight excluding hydrogens is 242 g/mol. The van der Waals surface area contributed by atoms with Gasteiger partial charge >= 0.3 is 0 Å². The zero-order valence-electron chi connectivity index (χ0n) is 10.6. The first-order chi connectivity index (χ1) is 9.15. The van der Waals surface area contributed by atoms with E-state index < -0.39 is 0 Å². The lowest BCUT2D eigenvalue weighted by molar-refractivity contribution is 0.101. The highest BCUT2D eigenvalue weighted by molar-refractivity contribution is 6.06. The zero-order chi connectivity index (χ0) is 13.4. The minimum Gasteiger partial charge on any atom is -0.303 e. The van der Waals surface area contributed by atoms with E-state index in [1.807, 2.05) is 31.2 Å². The van der Waals surface area contributed by atoms with Crippen molar-refractivity contribution in [3.05, 3.63) is 41.7 Å². The van der Waals surface area contributed by atoms with Gasteiger partial charge in [0, 0.05) is 12.4 Å². The molecule has 0 saturated heterocycles. The number of nitrogens with zero attached hydrogens (tertiary/aromatic N) is 3. The standard InChI is InChI=1S/C13H13N5O/c1-8-7-11(18(2)17-8)13(19)14-12-9-5-3-4-6-10(9)15-16-12/h3-7H,1-2H3,(H2,14,15,16,19). The number of rotatable bonds is 2. The molecule has 0 aliphatic carbocycles. The fraction of sp³-hybridized carbons (Fsp3) is 0.154. The summed E-state index contributed by atoms with van der Waals surface area (Å²) in [6, 6.07) is 9.37. The monoisotopic (exact) mass is 255 g/mol. The van der Waals surface area contributed by atoms with E-state index in [1.54, 1.807) is 17.8 Å². The van der Waals surface area contributed by atoms with Crippen LogP contribution in [0.25, 0.3) is 10.9 Å². The van der Waals surface area contributed by atoms with E-state index in [9.17, 15) is 4.79 Å². The number of H-pyrrole nitrogens is 1. The van der Waals surface area contributed by atoms with Gasteiger partial charge in [0.15, 0.2) is 5.82 Å². The third-order valence-electron chi connectivity index (χ3n) is 2.94. The quantitative estimate of drug-likeness (QED) is 0.733. The molecule has 0 unspecified atom stereocenters. The number of aromatic nitrogens is 4. The Morgan fingerprint density at radius 2 is 2.16 bits per heavy atom. The first kappa shape index (κ1) is 11.5. The molecule has 19 heavy (non-hydrogen) atoms. The van der Waals surface area contributed by atoms with Gasteiger partial charge in [-0.3, -0.25) is 14.6 Å². The number of benzene rings is 1. The molecule has 1 amide bonds. The number of nitrogens with one attached hydrogen (secondary N) is 2. The van der Waals surface area contributed by atoms with Gasteiger partial charge in [-0.05, 0) is 25.1 Å². The SMILES string of the molecule is Cc1cc(C(=O)Nc2n[nH]c3ccccc23)n(C)n1. The minimum atomic E-state index is -0.222. The number of anilines is 1. The second kappa shape index (κ2) is 4.24. The molecule has 2 heterocycles. The number of hydrogen-bond donors (Lipinski definition) is 2. The van der Waals surface area contributed by atoms with E-state index in [2.05, 4.69) is 20.6 Å². The molecule has 0 spiro atoms. The number of carbonyl (C=O) groups excluding carboxylic acids is 1. The number of amides is 1. The first-order valence-electron chi connectivity index (χ1n) is 5.90. The number of fused-ring (bicyclic) bond motifs is 1. The van der Waals surface area contributed by atoms with Crippen LogP contribution in [-0.4, -0.2) is 25.9 Å². The normalized spacial score (nSPS) is 10.8. The van der Waals surface area contributed by atoms with Crippen LogP contribution in [0, 0.1) is 6.92 Å². The fourth-order valence-electron chi connectivity index (χ4n) is 2.05. The van der Waals surface area contributed by atoms with Gasteiger partial charge in [0.2, 0.25) is 0 Å². The van der Waals surface area contributed by atoms with Crippen LogP contribution in [0.2, 0.25) is 0 Å². The minimum absolute atomic E-state index is 0.222. The average Bonchev–Trinajstić information content (AvgIpc) is 2.94. The molecule has 0 aliphatic heterocycles. The summed E-state index contributed by atoms with van der Waals surface area (Å²) in [7, 11) is 1.74. The van der Waals surface area contributed by atoms with Gasteiger partial charge in [-0.15, -0.1) is 0 Å². The van der Waals surface area contributed by atoms with Gasteiger partial charge in [0.05, 0.1) is 11.2 Å². The van der Waals surface area contributed by atoms with Crippen molar-refractivity contribution in [2.24, 2.45) is 7.05 Å². The van der Waals surface area contributed by atoms with Crippen molar-refractivity contribution in [1.82, 2.24) is 20.0 Å². The van der Waals surface area contributed by atoms with Gasteiger partial charge in [-0.2, -0.15) is 10.2 Å². The van der Waals surface area contributed by atoms with Crippen LogP contribution in [0.3, 0.4) is 0 Å². The average molecular weight is 255 g/mol. The number of hydrogen-bond acceptors (Lipinski definition) is 3. The van der Waals surface area contributed by atoms with Crippen molar-refractivity contribution >= 4 is 22.6 Å². The third-order valence-corrected chi connectivity index (χ3v) is 2.94. The number of aromatic amines is 1. The summed E-state index contributed by atoms with van der Waals surface area (Å²) < 4.78 is 1.56. The van der Waals surface area contributed by atoms with Crippen LogP contribution in [0.15, 0.2) is 30.3 Å². The molecule has 0 bridgehead atoms. The molecule has 0 fully saturated rings. The Hall–Kier alpha value is -2.63. The molecular formula is C13H13N5O. The van der Waals surface area contributed by atoms with E-state index in [4.69, 9.17) is 0 Å². The lowest BCUT2D eigenvalue weighted by Gasteiger charge is -2.02. The molecule has 0 aliphatic rings. The molecule has 6 nitrogen and oxygen atoms in total. The zero-order valence-corrected chi connectivity index (χ0v) is 10.6. The summed E-state index contributed by atoms with van der Waals surface area (Å²) >= 11 is 0. The van der Waals surface area contributed by atoms with E-state index in [0.29, 0.717) is 11.5 Å². The molecule has 96 valence electrons. The van der Waals surface area contributed by atoms with Crippen LogP contribution >= 0.6 is 0 Å². The Balaban J connectivity index is 1.93. The highest BCUT2D eigenvalue weighted by Crippen LogP contribution is 2.20.